The number of fused-ring (bicyclic) bond motifs is 1. The van der Waals surface area contributed by atoms with E-state index in [9.17, 15) is 10.1 Å². The molecule has 0 aliphatic carbocycles. The zero-order valence-corrected chi connectivity index (χ0v) is 14.0. The van der Waals surface area contributed by atoms with Crippen molar-refractivity contribution >= 4 is 16.6 Å². The summed E-state index contributed by atoms with van der Waals surface area (Å²) >= 11 is 0. The molecule has 6 heteroatoms. The maximum atomic E-state index is 10.9. The predicted molar refractivity (Wildman–Crippen MR) is 99.6 cm³/mol. The lowest BCUT2D eigenvalue weighted by molar-refractivity contribution is -0.384. The first-order chi connectivity index (χ1) is 12.6. The fraction of sp³-hybridized carbons (Fsp3) is 0.0500. The summed E-state index contributed by atoms with van der Waals surface area (Å²) in [6.45, 7) is 2.01. The molecule has 0 amide bonds. The van der Waals surface area contributed by atoms with Crippen molar-refractivity contribution < 1.29 is 4.92 Å². The Hall–Kier alpha value is -3.67. The van der Waals surface area contributed by atoms with Gasteiger partial charge in [-0.2, -0.15) is 0 Å². The average molecular weight is 342 g/mol. The normalized spacial score (nSPS) is 10.8. The molecule has 26 heavy (non-hydrogen) atoms. The van der Waals surface area contributed by atoms with Gasteiger partial charge in [0.05, 0.1) is 16.1 Å². The van der Waals surface area contributed by atoms with Gasteiger partial charge in [-0.3, -0.25) is 10.1 Å². The second-order valence-corrected chi connectivity index (χ2v) is 5.92. The van der Waals surface area contributed by atoms with Crippen LogP contribution in [0.4, 0.5) is 5.69 Å². The summed E-state index contributed by atoms with van der Waals surface area (Å²) in [6, 6.07) is 18.4. The van der Waals surface area contributed by atoms with E-state index >= 15 is 0 Å². The highest BCUT2D eigenvalue weighted by Crippen LogP contribution is 2.25. The molecule has 0 N–H and O–H groups in total. The first-order valence-corrected chi connectivity index (χ1v) is 8.06. The minimum Gasteiger partial charge on any atom is -0.258 e. The largest absolute Gasteiger partial charge is 0.270 e. The Labute approximate surface area is 149 Å². The lowest BCUT2D eigenvalue weighted by Gasteiger charge is -2.08. The standard InChI is InChI=1S/C20H14N4O2/c1-13-7-9-18(22-19(13)14-5-3-2-4-6-14)20-21-12-15-11-16(24(25)26)8-10-17(15)23-20/h2-12H,1H3. The molecule has 0 radical (unpaired) electrons. The van der Waals surface area contributed by atoms with Gasteiger partial charge in [-0.05, 0) is 24.6 Å². The Morgan fingerprint density at radius 2 is 1.77 bits per heavy atom. The number of aryl methyl sites for hydroxylation is 1. The van der Waals surface area contributed by atoms with Crippen molar-refractivity contribution in [2.24, 2.45) is 0 Å². The predicted octanol–water partition coefficient (Wildman–Crippen LogP) is 4.58. The van der Waals surface area contributed by atoms with Gasteiger partial charge >= 0.3 is 0 Å². The number of nitro benzene ring substituents is 1. The lowest BCUT2D eigenvalue weighted by Crippen LogP contribution is -1.96. The van der Waals surface area contributed by atoms with Crippen molar-refractivity contribution in [1.82, 2.24) is 15.0 Å². The topological polar surface area (TPSA) is 81.8 Å². The third-order valence-corrected chi connectivity index (χ3v) is 4.15. The minimum atomic E-state index is -0.430. The lowest BCUT2D eigenvalue weighted by atomic mass is 10.1. The molecule has 0 fully saturated rings. The molecule has 0 spiro atoms. The van der Waals surface area contributed by atoms with E-state index in [1.807, 2.05) is 49.4 Å². The number of pyridine rings is 1. The van der Waals surface area contributed by atoms with Gasteiger partial charge in [0.25, 0.3) is 5.69 Å². The van der Waals surface area contributed by atoms with Crippen LogP contribution in [0.3, 0.4) is 0 Å². The summed E-state index contributed by atoms with van der Waals surface area (Å²) in [5, 5.41) is 11.5. The third kappa shape index (κ3) is 2.88. The SMILES string of the molecule is Cc1ccc(-c2ncc3cc([N+](=O)[O-])ccc3n2)nc1-c1ccccc1. The van der Waals surface area contributed by atoms with Gasteiger partial charge < -0.3 is 0 Å². The molecule has 4 aromatic rings. The van der Waals surface area contributed by atoms with Gasteiger partial charge in [-0.15, -0.1) is 0 Å². The van der Waals surface area contributed by atoms with Crippen LogP contribution in [0.25, 0.3) is 33.7 Å². The molecule has 4 rings (SSSR count). The van der Waals surface area contributed by atoms with Crippen LogP contribution in [-0.2, 0) is 0 Å². The van der Waals surface area contributed by atoms with Gasteiger partial charge in [0.2, 0.25) is 0 Å². The molecule has 0 bridgehead atoms. The molecule has 0 atom stereocenters. The van der Waals surface area contributed by atoms with E-state index in [-0.39, 0.29) is 5.69 Å². The molecular formula is C20H14N4O2. The van der Waals surface area contributed by atoms with E-state index in [2.05, 4.69) is 9.97 Å². The van der Waals surface area contributed by atoms with Crippen molar-refractivity contribution in [2.75, 3.05) is 0 Å². The summed E-state index contributed by atoms with van der Waals surface area (Å²) in [5.74, 6) is 0.489. The zero-order chi connectivity index (χ0) is 18.1. The Kier molecular flexibility index (Phi) is 3.85. The Morgan fingerprint density at radius 1 is 0.962 bits per heavy atom. The summed E-state index contributed by atoms with van der Waals surface area (Å²) < 4.78 is 0. The monoisotopic (exact) mass is 342 g/mol. The molecule has 6 nitrogen and oxygen atoms in total. The van der Waals surface area contributed by atoms with Crippen molar-refractivity contribution in [3.63, 3.8) is 0 Å². The first-order valence-electron chi connectivity index (χ1n) is 8.06. The fourth-order valence-electron chi connectivity index (χ4n) is 2.80. The van der Waals surface area contributed by atoms with E-state index in [1.165, 1.54) is 12.1 Å². The molecule has 0 saturated heterocycles. The Morgan fingerprint density at radius 3 is 2.54 bits per heavy atom. The summed E-state index contributed by atoms with van der Waals surface area (Å²) in [4.78, 5) is 24.1. The molecule has 0 aliphatic heterocycles. The highest BCUT2D eigenvalue weighted by Gasteiger charge is 2.11. The molecule has 2 heterocycles. The average Bonchev–Trinajstić information content (AvgIpc) is 2.68. The quantitative estimate of drug-likeness (QED) is 0.402. The van der Waals surface area contributed by atoms with Crippen molar-refractivity contribution in [2.45, 2.75) is 6.92 Å². The third-order valence-electron chi connectivity index (χ3n) is 4.15. The number of benzene rings is 2. The highest BCUT2D eigenvalue weighted by atomic mass is 16.6. The molecule has 126 valence electrons. The van der Waals surface area contributed by atoms with Crippen LogP contribution in [0.1, 0.15) is 5.56 Å². The van der Waals surface area contributed by atoms with Gasteiger partial charge in [0.1, 0.15) is 5.69 Å². The van der Waals surface area contributed by atoms with Crippen LogP contribution in [-0.4, -0.2) is 19.9 Å². The van der Waals surface area contributed by atoms with E-state index in [1.54, 1.807) is 12.3 Å². The number of nitro groups is 1. The number of non-ortho nitro benzene ring substituents is 1. The molecule has 2 aromatic carbocycles. The second-order valence-electron chi connectivity index (χ2n) is 5.92. The van der Waals surface area contributed by atoms with E-state index in [0.717, 1.165) is 16.8 Å². The maximum Gasteiger partial charge on any atom is 0.270 e. The van der Waals surface area contributed by atoms with Gasteiger partial charge in [-0.25, -0.2) is 15.0 Å². The molecule has 0 aliphatic rings. The van der Waals surface area contributed by atoms with E-state index < -0.39 is 4.92 Å². The molecule has 2 aromatic heterocycles. The van der Waals surface area contributed by atoms with Gasteiger partial charge in [-0.1, -0.05) is 36.4 Å². The van der Waals surface area contributed by atoms with Crippen LogP contribution >= 0.6 is 0 Å². The molecule has 0 unspecified atom stereocenters. The number of rotatable bonds is 3. The number of aromatic nitrogens is 3. The van der Waals surface area contributed by atoms with Gasteiger partial charge in [0.15, 0.2) is 5.82 Å². The summed E-state index contributed by atoms with van der Waals surface area (Å²) in [5.41, 5.74) is 4.31. The van der Waals surface area contributed by atoms with Crippen LogP contribution in [0.5, 0.6) is 0 Å². The number of hydrogen-bond donors (Lipinski definition) is 0. The van der Waals surface area contributed by atoms with Crippen molar-refractivity contribution in [1.29, 1.82) is 0 Å². The smallest absolute Gasteiger partial charge is 0.258 e. The fourth-order valence-corrected chi connectivity index (χ4v) is 2.80. The second kappa shape index (κ2) is 6.33. The van der Waals surface area contributed by atoms with Gasteiger partial charge in [0, 0.05) is 29.3 Å². The minimum absolute atomic E-state index is 0.0219. The van der Waals surface area contributed by atoms with Crippen molar-refractivity contribution in [3.05, 3.63) is 82.5 Å². The van der Waals surface area contributed by atoms with E-state index in [0.29, 0.717) is 22.4 Å². The first kappa shape index (κ1) is 15.8. The number of nitrogens with zero attached hydrogens (tertiary/aromatic N) is 4. The summed E-state index contributed by atoms with van der Waals surface area (Å²) in [7, 11) is 0. The van der Waals surface area contributed by atoms with Crippen LogP contribution in [0, 0.1) is 17.0 Å². The summed E-state index contributed by atoms with van der Waals surface area (Å²) in [6.07, 6.45) is 1.59. The maximum absolute atomic E-state index is 10.9. The Bertz CT molecular complexity index is 1130. The van der Waals surface area contributed by atoms with Crippen molar-refractivity contribution in [3.8, 4) is 22.8 Å². The van der Waals surface area contributed by atoms with Crippen LogP contribution in [0.2, 0.25) is 0 Å². The molecular weight excluding hydrogens is 328 g/mol. The zero-order valence-electron chi connectivity index (χ0n) is 14.0. The number of hydrogen-bond acceptors (Lipinski definition) is 5. The highest BCUT2D eigenvalue weighted by molar-refractivity contribution is 5.81. The van der Waals surface area contributed by atoms with Crippen LogP contribution in [0.15, 0.2) is 66.9 Å². The van der Waals surface area contributed by atoms with Crippen LogP contribution < -0.4 is 0 Å². The Balaban J connectivity index is 1.80. The van der Waals surface area contributed by atoms with E-state index in [4.69, 9.17) is 4.98 Å². The molecule has 0 saturated carbocycles.